The molecule has 148 valence electrons. The van der Waals surface area contributed by atoms with E-state index in [9.17, 15) is 14.7 Å². The molecule has 1 fully saturated rings. The quantitative estimate of drug-likeness (QED) is 0.668. The lowest BCUT2D eigenvalue weighted by atomic mass is 10.1. The molecular weight excluding hydrogens is 358 g/mol. The Morgan fingerprint density at radius 2 is 1.71 bits per heavy atom. The number of ether oxygens (including phenoxy) is 1. The largest absolute Gasteiger partial charge is 0.394 e. The molecule has 7 heteroatoms. The molecule has 0 bridgehead atoms. The van der Waals surface area contributed by atoms with Crippen molar-refractivity contribution < 1.29 is 19.4 Å². The van der Waals surface area contributed by atoms with Gasteiger partial charge in [-0.2, -0.15) is 0 Å². The maximum absolute atomic E-state index is 12.4. The second-order valence-corrected chi connectivity index (χ2v) is 6.60. The molecule has 7 nitrogen and oxygen atoms in total. The fourth-order valence-corrected chi connectivity index (χ4v) is 3.03. The summed E-state index contributed by atoms with van der Waals surface area (Å²) in [5.74, 6) is -0.772. The van der Waals surface area contributed by atoms with Gasteiger partial charge in [0.2, 0.25) is 11.8 Å². The maximum Gasteiger partial charge on any atom is 0.249 e. The number of nitrogens with zero attached hydrogens (tertiary/aromatic N) is 1. The first kappa shape index (κ1) is 19.9. The molecule has 1 unspecified atom stereocenters. The molecule has 1 aliphatic heterocycles. The highest BCUT2D eigenvalue weighted by molar-refractivity contribution is 5.97. The number of hydrogen-bond donors (Lipinski definition) is 3. The van der Waals surface area contributed by atoms with Gasteiger partial charge in [0.1, 0.15) is 6.04 Å². The first-order valence-electron chi connectivity index (χ1n) is 9.33. The number of rotatable bonds is 7. The Labute approximate surface area is 164 Å². The molecule has 3 N–H and O–H groups in total. The number of benzene rings is 2. The number of anilines is 2. The van der Waals surface area contributed by atoms with Crippen LogP contribution in [0.15, 0.2) is 54.6 Å². The molecule has 28 heavy (non-hydrogen) atoms. The van der Waals surface area contributed by atoms with Crippen molar-refractivity contribution in [2.75, 3.05) is 43.1 Å². The Hall–Kier alpha value is -2.90. The van der Waals surface area contributed by atoms with Gasteiger partial charge < -0.3 is 25.4 Å². The van der Waals surface area contributed by atoms with E-state index in [-0.39, 0.29) is 12.3 Å². The van der Waals surface area contributed by atoms with Crippen LogP contribution in [0.5, 0.6) is 0 Å². The van der Waals surface area contributed by atoms with Crippen molar-refractivity contribution in [3.63, 3.8) is 0 Å². The van der Waals surface area contributed by atoms with Crippen LogP contribution in [0.2, 0.25) is 0 Å². The van der Waals surface area contributed by atoms with E-state index in [1.807, 2.05) is 54.6 Å². The van der Waals surface area contributed by atoms with Crippen LogP contribution < -0.4 is 15.5 Å². The van der Waals surface area contributed by atoms with Crippen LogP contribution in [-0.2, 0) is 20.7 Å². The highest BCUT2D eigenvalue weighted by atomic mass is 16.5. The predicted octanol–water partition coefficient (Wildman–Crippen LogP) is 1.18. The zero-order chi connectivity index (χ0) is 19.8. The van der Waals surface area contributed by atoms with Crippen LogP contribution in [0.25, 0.3) is 0 Å². The van der Waals surface area contributed by atoms with Gasteiger partial charge in [-0.15, -0.1) is 0 Å². The average molecular weight is 383 g/mol. The first-order valence-corrected chi connectivity index (χ1v) is 9.33. The molecule has 1 aliphatic rings. The van der Waals surface area contributed by atoms with Crippen LogP contribution in [-0.4, -0.2) is 55.9 Å². The molecule has 1 heterocycles. The highest BCUT2D eigenvalue weighted by Crippen LogP contribution is 2.19. The summed E-state index contributed by atoms with van der Waals surface area (Å²) in [7, 11) is 0. The molecule has 0 radical (unpaired) electrons. The molecule has 0 spiro atoms. The van der Waals surface area contributed by atoms with E-state index in [4.69, 9.17) is 4.74 Å². The normalized spacial score (nSPS) is 15.0. The van der Waals surface area contributed by atoms with Crippen molar-refractivity contribution in [2.45, 2.75) is 12.5 Å². The Balaban J connectivity index is 1.53. The summed E-state index contributed by atoms with van der Waals surface area (Å²) >= 11 is 0. The average Bonchev–Trinajstić information content (AvgIpc) is 2.74. The fraction of sp³-hybridized carbons (Fsp3) is 0.333. The minimum Gasteiger partial charge on any atom is -0.394 e. The van der Waals surface area contributed by atoms with Crippen molar-refractivity contribution >= 4 is 23.2 Å². The van der Waals surface area contributed by atoms with Gasteiger partial charge in [-0.25, -0.2) is 0 Å². The second kappa shape index (κ2) is 9.87. The number of amides is 2. The zero-order valence-electron chi connectivity index (χ0n) is 15.6. The lowest BCUT2D eigenvalue weighted by Crippen LogP contribution is -2.46. The van der Waals surface area contributed by atoms with Crippen molar-refractivity contribution in [2.24, 2.45) is 0 Å². The van der Waals surface area contributed by atoms with Gasteiger partial charge in [0.15, 0.2) is 0 Å². The predicted molar refractivity (Wildman–Crippen MR) is 107 cm³/mol. The summed E-state index contributed by atoms with van der Waals surface area (Å²) in [4.78, 5) is 26.8. The van der Waals surface area contributed by atoms with Crippen LogP contribution in [0.3, 0.4) is 0 Å². The molecule has 0 saturated carbocycles. The summed E-state index contributed by atoms with van der Waals surface area (Å²) < 4.78 is 5.35. The van der Waals surface area contributed by atoms with Gasteiger partial charge in [-0.1, -0.05) is 30.3 Å². The van der Waals surface area contributed by atoms with Gasteiger partial charge in [-0.3, -0.25) is 9.59 Å². The third-order valence-corrected chi connectivity index (χ3v) is 4.55. The SMILES string of the molecule is O=C(Cc1ccccc1)NC(CO)C(=O)Nc1ccc(N2CCOCC2)cc1. The minimum atomic E-state index is -1.00. The summed E-state index contributed by atoms with van der Waals surface area (Å²) in [6.45, 7) is 2.62. The van der Waals surface area contributed by atoms with E-state index in [1.165, 1.54) is 0 Å². The summed E-state index contributed by atoms with van der Waals surface area (Å²) in [6, 6.07) is 15.7. The standard InChI is InChI=1S/C21H25N3O4/c25-15-19(23-20(26)14-16-4-2-1-3-5-16)21(27)22-17-6-8-18(9-7-17)24-10-12-28-13-11-24/h1-9,19,25H,10-15H2,(H,22,27)(H,23,26). The van der Waals surface area contributed by atoms with Crippen LogP contribution in [0.4, 0.5) is 11.4 Å². The molecule has 2 aromatic rings. The molecule has 1 saturated heterocycles. The lowest BCUT2D eigenvalue weighted by Gasteiger charge is -2.29. The fourth-order valence-electron chi connectivity index (χ4n) is 3.03. The molecule has 2 aromatic carbocycles. The highest BCUT2D eigenvalue weighted by Gasteiger charge is 2.20. The molecule has 3 rings (SSSR count). The number of aliphatic hydroxyl groups excluding tert-OH is 1. The second-order valence-electron chi connectivity index (χ2n) is 6.60. The summed E-state index contributed by atoms with van der Waals surface area (Å²) in [6.07, 6.45) is 0.152. The number of carbonyl (C=O) groups is 2. The van der Waals surface area contributed by atoms with Crippen LogP contribution in [0, 0.1) is 0 Å². The topological polar surface area (TPSA) is 90.9 Å². The van der Waals surface area contributed by atoms with E-state index in [0.717, 1.165) is 24.3 Å². The zero-order valence-corrected chi connectivity index (χ0v) is 15.6. The minimum absolute atomic E-state index is 0.152. The Kier molecular flexibility index (Phi) is 7.00. The van der Waals surface area contributed by atoms with Crippen LogP contribution in [0.1, 0.15) is 5.56 Å². The molecule has 2 amide bonds. The van der Waals surface area contributed by atoms with Crippen molar-refractivity contribution in [3.05, 3.63) is 60.2 Å². The number of hydrogen-bond acceptors (Lipinski definition) is 5. The van der Waals surface area contributed by atoms with Gasteiger partial charge in [-0.05, 0) is 29.8 Å². The monoisotopic (exact) mass is 383 g/mol. The van der Waals surface area contributed by atoms with E-state index in [2.05, 4.69) is 15.5 Å². The molecular formula is C21H25N3O4. The van der Waals surface area contributed by atoms with E-state index < -0.39 is 18.6 Å². The maximum atomic E-state index is 12.4. The number of nitrogens with one attached hydrogen (secondary N) is 2. The van der Waals surface area contributed by atoms with Crippen molar-refractivity contribution in [1.29, 1.82) is 0 Å². The van der Waals surface area contributed by atoms with E-state index in [0.29, 0.717) is 18.9 Å². The lowest BCUT2D eigenvalue weighted by molar-refractivity contribution is -0.126. The Bertz CT molecular complexity index is 774. The third kappa shape index (κ3) is 5.55. The molecule has 1 atom stereocenters. The van der Waals surface area contributed by atoms with Gasteiger partial charge in [0, 0.05) is 24.5 Å². The number of carbonyl (C=O) groups excluding carboxylic acids is 2. The van der Waals surface area contributed by atoms with Gasteiger partial charge in [0.25, 0.3) is 0 Å². The Morgan fingerprint density at radius 1 is 1.04 bits per heavy atom. The van der Waals surface area contributed by atoms with Crippen LogP contribution >= 0.6 is 0 Å². The van der Waals surface area contributed by atoms with E-state index >= 15 is 0 Å². The summed E-state index contributed by atoms with van der Waals surface area (Å²) in [5, 5.41) is 14.8. The van der Waals surface area contributed by atoms with Gasteiger partial charge >= 0.3 is 0 Å². The number of aliphatic hydroxyl groups is 1. The first-order chi connectivity index (χ1) is 13.7. The van der Waals surface area contributed by atoms with Crippen molar-refractivity contribution in [1.82, 2.24) is 5.32 Å². The van der Waals surface area contributed by atoms with E-state index in [1.54, 1.807) is 0 Å². The molecule has 0 aromatic heterocycles. The molecule has 0 aliphatic carbocycles. The van der Waals surface area contributed by atoms with Crippen molar-refractivity contribution in [3.8, 4) is 0 Å². The smallest absolute Gasteiger partial charge is 0.249 e. The third-order valence-electron chi connectivity index (χ3n) is 4.55. The number of morpholine rings is 1. The van der Waals surface area contributed by atoms with Gasteiger partial charge in [0.05, 0.1) is 26.2 Å². The Morgan fingerprint density at radius 3 is 2.36 bits per heavy atom. The summed E-state index contributed by atoms with van der Waals surface area (Å²) in [5.41, 5.74) is 2.52.